The maximum Gasteiger partial charge on any atom is 0.0431 e. The second-order valence-electron chi connectivity index (χ2n) is 4.99. The van der Waals surface area contributed by atoms with Gasteiger partial charge < -0.3 is 5.11 Å². The topological polar surface area (TPSA) is 20.2 Å². The van der Waals surface area contributed by atoms with Gasteiger partial charge in [0.2, 0.25) is 0 Å². The molecule has 0 heterocycles. The van der Waals surface area contributed by atoms with Crippen LogP contribution in [0.15, 0.2) is 30.3 Å². The molecule has 0 aliphatic heterocycles. The van der Waals surface area contributed by atoms with Crippen LogP contribution in [0.25, 0.3) is 0 Å². The van der Waals surface area contributed by atoms with Gasteiger partial charge in [0.25, 0.3) is 0 Å². The molecular formula is C15H22O. The van der Waals surface area contributed by atoms with Crippen molar-refractivity contribution in [3.63, 3.8) is 0 Å². The highest BCUT2D eigenvalue weighted by molar-refractivity contribution is 5.19. The SMILES string of the molecule is OCCC[C@H]1CC[C@H](c2ccccc2)CC1. The first kappa shape index (κ1) is 11.7. The van der Waals surface area contributed by atoms with E-state index in [-0.39, 0.29) is 0 Å². The van der Waals surface area contributed by atoms with Crippen LogP contribution in [-0.2, 0) is 0 Å². The van der Waals surface area contributed by atoms with Crippen LogP contribution in [0.2, 0.25) is 0 Å². The zero-order valence-corrected chi connectivity index (χ0v) is 9.94. The summed E-state index contributed by atoms with van der Waals surface area (Å²) in [5, 5.41) is 8.83. The van der Waals surface area contributed by atoms with Gasteiger partial charge in [-0.1, -0.05) is 30.3 Å². The normalized spacial score (nSPS) is 25.6. The molecule has 1 fully saturated rings. The van der Waals surface area contributed by atoms with Gasteiger partial charge in [0.1, 0.15) is 0 Å². The zero-order valence-electron chi connectivity index (χ0n) is 9.94. The second kappa shape index (κ2) is 6.05. The molecule has 0 amide bonds. The number of benzene rings is 1. The molecule has 0 spiro atoms. The number of rotatable bonds is 4. The molecule has 0 unspecified atom stereocenters. The van der Waals surface area contributed by atoms with Crippen molar-refractivity contribution in [2.75, 3.05) is 6.61 Å². The van der Waals surface area contributed by atoms with Gasteiger partial charge in [-0.05, 0) is 55.9 Å². The molecule has 0 radical (unpaired) electrons. The molecule has 0 saturated heterocycles. The summed E-state index contributed by atoms with van der Waals surface area (Å²) in [5.74, 6) is 1.65. The van der Waals surface area contributed by atoms with Crippen molar-refractivity contribution in [2.45, 2.75) is 44.4 Å². The molecule has 1 nitrogen and oxygen atoms in total. The predicted molar refractivity (Wildman–Crippen MR) is 67.5 cm³/mol. The van der Waals surface area contributed by atoms with Crippen molar-refractivity contribution < 1.29 is 5.11 Å². The fourth-order valence-electron chi connectivity index (χ4n) is 2.89. The van der Waals surface area contributed by atoms with E-state index in [2.05, 4.69) is 30.3 Å². The van der Waals surface area contributed by atoms with Crippen LogP contribution in [0, 0.1) is 5.92 Å². The minimum atomic E-state index is 0.360. The van der Waals surface area contributed by atoms with Gasteiger partial charge in [0.05, 0.1) is 0 Å². The average Bonchev–Trinajstić information content (AvgIpc) is 2.38. The molecule has 1 heteroatoms. The summed E-state index contributed by atoms with van der Waals surface area (Å²) >= 11 is 0. The number of hydrogen-bond donors (Lipinski definition) is 1. The van der Waals surface area contributed by atoms with Crippen molar-refractivity contribution in [2.24, 2.45) is 5.92 Å². The van der Waals surface area contributed by atoms with Crippen molar-refractivity contribution in [3.8, 4) is 0 Å². The van der Waals surface area contributed by atoms with Crippen LogP contribution in [0.3, 0.4) is 0 Å². The highest BCUT2D eigenvalue weighted by Gasteiger charge is 2.21. The Morgan fingerprint density at radius 3 is 2.31 bits per heavy atom. The smallest absolute Gasteiger partial charge is 0.0431 e. The molecule has 1 aliphatic carbocycles. The first-order chi connectivity index (χ1) is 7.90. The van der Waals surface area contributed by atoms with Gasteiger partial charge in [-0.25, -0.2) is 0 Å². The standard InChI is InChI=1S/C15H22O/c16-12-4-5-13-8-10-15(11-9-13)14-6-2-1-3-7-14/h1-3,6-7,13,15-16H,4-5,8-12H2/t13-,15-. The van der Waals surface area contributed by atoms with Crippen molar-refractivity contribution >= 4 is 0 Å². The first-order valence-electron chi connectivity index (χ1n) is 6.56. The molecular weight excluding hydrogens is 196 g/mol. The summed E-state index contributed by atoms with van der Waals surface area (Å²) in [5.41, 5.74) is 1.52. The van der Waals surface area contributed by atoms with Crippen LogP contribution < -0.4 is 0 Å². The van der Waals surface area contributed by atoms with E-state index in [1.54, 1.807) is 0 Å². The summed E-state index contributed by atoms with van der Waals surface area (Å²) in [6, 6.07) is 10.9. The zero-order chi connectivity index (χ0) is 11.2. The van der Waals surface area contributed by atoms with Gasteiger partial charge in [0.15, 0.2) is 0 Å². The quantitative estimate of drug-likeness (QED) is 0.816. The second-order valence-corrected chi connectivity index (χ2v) is 4.99. The van der Waals surface area contributed by atoms with E-state index >= 15 is 0 Å². The molecule has 1 N–H and O–H groups in total. The molecule has 1 aromatic rings. The Bertz CT molecular complexity index is 286. The highest BCUT2D eigenvalue weighted by atomic mass is 16.2. The Morgan fingerprint density at radius 2 is 1.69 bits per heavy atom. The van der Waals surface area contributed by atoms with E-state index in [0.29, 0.717) is 6.61 Å². The third-order valence-corrected chi connectivity index (χ3v) is 3.89. The van der Waals surface area contributed by atoms with Gasteiger partial charge >= 0.3 is 0 Å². The lowest BCUT2D eigenvalue weighted by atomic mass is 9.77. The van der Waals surface area contributed by atoms with Gasteiger partial charge in [-0.2, -0.15) is 0 Å². The molecule has 0 atom stereocenters. The molecule has 0 bridgehead atoms. The van der Waals surface area contributed by atoms with E-state index in [1.807, 2.05) is 0 Å². The molecule has 1 aromatic carbocycles. The Balaban J connectivity index is 1.81. The average molecular weight is 218 g/mol. The lowest BCUT2D eigenvalue weighted by Gasteiger charge is -2.28. The minimum Gasteiger partial charge on any atom is -0.396 e. The summed E-state index contributed by atoms with van der Waals surface area (Å²) in [7, 11) is 0. The number of aliphatic hydroxyl groups is 1. The fraction of sp³-hybridized carbons (Fsp3) is 0.600. The molecule has 1 aliphatic rings. The Hall–Kier alpha value is -0.820. The van der Waals surface area contributed by atoms with Crippen LogP contribution in [0.1, 0.15) is 50.0 Å². The van der Waals surface area contributed by atoms with Crippen LogP contribution in [-0.4, -0.2) is 11.7 Å². The van der Waals surface area contributed by atoms with E-state index < -0.39 is 0 Å². The van der Waals surface area contributed by atoms with Gasteiger partial charge in [-0.3, -0.25) is 0 Å². The highest BCUT2D eigenvalue weighted by Crippen LogP contribution is 2.37. The molecule has 2 rings (SSSR count). The lowest BCUT2D eigenvalue weighted by molar-refractivity contribution is 0.246. The molecule has 16 heavy (non-hydrogen) atoms. The van der Waals surface area contributed by atoms with Crippen molar-refractivity contribution in [3.05, 3.63) is 35.9 Å². The molecule has 1 saturated carbocycles. The Kier molecular flexibility index (Phi) is 4.41. The van der Waals surface area contributed by atoms with E-state index in [0.717, 1.165) is 18.3 Å². The first-order valence-corrected chi connectivity index (χ1v) is 6.56. The summed E-state index contributed by atoms with van der Waals surface area (Å²) < 4.78 is 0. The van der Waals surface area contributed by atoms with Gasteiger partial charge in [-0.15, -0.1) is 0 Å². The summed E-state index contributed by atoms with van der Waals surface area (Å²) in [6.07, 6.45) is 7.57. The van der Waals surface area contributed by atoms with Crippen LogP contribution >= 0.6 is 0 Å². The lowest BCUT2D eigenvalue weighted by Crippen LogP contribution is -2.13. The largest absolute Gasteiger partial charge is 0.396 e. The Morgan fingerprint density at radius 1 is 1.00 bits per heavy atom. The van der Waals surface area contributed by atoms with E-state index in [9.17, 15) is 0 Å². The number of aliphatic hydroxyl groups excluding tert-OH is 1. The molecule has 88 valence electrons. The third kappa shape index (κ3) is 3.08. The molecule has 0 aromatic heterocycles. The fourth-order valence-corrected chi connectivity index (χ4v) is 2.89. The number of hydrogen-bond acceptors (Lipinski definition) is 1. The maximum absolute atomic E-state index is 8.83. The van der Waals surface area contributed by atoms with E-state index in [1.165, 1.54) is 37.7 Å². The summed E-state index contributed by atoms with van der Waals surface area (Å²) in [4.78, 5) is 0. The predicted octanol–water partition coefficient (Wildman–Crippen LogP) is 3.73. The minimum absolute atomic E-state index is 0.360. The summed E-state index contributed by atoms with van der Waals surface area (Å²) in [6.45, 7) is 0.360. The van der Waals surface area contributed by atoms with Crippen LogP contribution in [0.4, 0.5) is 0 Å². The van der Waals surface area contributed by atoms with Gasteiger partial charge in [0, 0.05) is 6.61 Å². The van der Waals surface area contributed by atoms with Crippen molar-refractivity contribution in [1.82, 2.24) is 0 Å². The maximum atomic E-state index is 8.83. The van der Waals surface area contributed by atoms with Crippen LogP contribution in [0.5, 0.6) is 0 Å². The third-order valence-electron chi connectivity index (χ3n) is 3.89. The monoisotopic (exact) mass is 218 g/mol. The Labute approximate surface area is 98.5 Å². The van der Waals surface area contributed by atoms with E-state index in [4.69, 9.17) is 5.11 Å². The van der Waals surface area contributed by atoms with Crippen molar-refractivity contribution in [1.29, 1.82) is 0 Å².